The predicted molar refractivity (Wildman–Crippen MR) is 72.7 cm³/mol. The van der Waals surface area contributed by atoms with Gasteiger partial charge < -0.3 is 9.47 Å². The van der Waals surface area contributed by atoms with Crippen LogP contribution in [-0.2, 0) is 16.0 Å². The molecule has 0 spiro atoms. The molecule has 0 bridgehead atoms. The number of aryl methyl sites for hydroxylation is 1. The largest absolute Gasteiger partial charge is 0.458 e. The second-order valence-corrected chi connectivity index (χ2v) is 4.87. The van der Waals surface area contributed by atoms with E-state index >= 15 is 0 Å². The molecule has 0 aromatic carbocycles. The summed E-state index contributed by atoms with van der Waals surface area (Å²) in [6.45, 7) is 3.40. The maximum atomic E-state index is 11.9. The summed E-state index contributed by atoms with van der Waals surface area (Å²) < 4.78 is 12.0. The van der Waals surface area contributed by atoms with E-state index in [1.165, 1.54) is 16.8 Å². The van der Waals surface area contributed by atoms with Crippen LogP contribution in [0, 0.1) is 0 Å². The van der Waals surface area contributed by atoms with Gasteiger partial charge >= 0.3 is 5.97 Å². The third-order valence-electron chi connectivity index (χ3n) is 3.19. The van der Waals surface area contributed by atoms with Crippen LogP contribution in [0.25, 0.3) is 0 Å². The number of hydrogen-bond acceptors (Lipinski definition) is 5. The minimum atomic E-state index is -0.510. The van der Waals surface area contributed by atoms with E-state index in [2.05, 4.69) is 5.10 Å². The monoisotopic (exact) mass is 280 g/mol. The molecule has 6 heteroatoms. The van der Waals surface area contributed by atoms with Gasteiger partial charge in [-0.3, -0.25) is 4.79 Å². The van der Waals surface area contributed by atoms with E-state index in [0.29, 0.717) is 6.54 Å². The van der Waals surface area contributed by atoms with Gasteiger partial charge in [0.15, 0.2) is 5.69 Å². The molecule has 0 radical (unpaired) electrons. The first-order valence-electron chi connectivity index (χ1n) is 7.07. The second-order valence-electron chi connectivity index (χ2n) is 4.87. The smallest absolute Gasteiger partial charge is 0.358 e. The SMILES string of the molecule is CCCn1nc(C(=O)OCC2CCCCO2)ccc1=O. The number of ether oxygens (including phenoxy) is 2. The predicted octanol–water partition coefficient (Wildman–Crippen LogP) is 1.38. The Kier molecular flexibility index (Phi) is 5.29. The van der Waals surface area contributed by atoms with Crippen molar-refractivity contribution in [2.24, 2.45) is 0 Å². The zero-order chi connectivity index (χ0) is 14.4. The summed E-state index contributed by atoms with van der Waals surface area (Å²) in [6, 6.07) is 2.74. The Morgan fingerprint density at radius 3 is 3.05 bits per heavy atom. The molecule has 1 aliphatic heterocycles. The number of carbonyl (C=O) groups excluding carboxylic acids is 1. The van der Waals surface area contributed by atoms with Crippen molar-refractivity contribution in [3.05, 3.63) is 28.2 Å². The van der Waals surface area contributed by atoms with Gasteiger partial charge in [0, 0.05) is 19.2 Å². The average Bonchev–Trinajstić information content (AvgIpc) is 2.48. The first-order valence-corrected chi connectivity index (χ1v) is 7.07. The highest BCUT2D eigenvalue weighted by molar-refractivity contribution is 5.86. The second kappa shape index (κ2) is 7.19. The van der Waals surface area contributed by atoms with E-state index in [0.717, 1.165) is 32.3 Å². The molecule has 1 atom stereocenters. The number of esters is 1. The van der Waals surface area contributed by atoms with Crippen molar-refractivity contribution in [1.29, 1.82) is 0 Å². The lowest BCUT2D eigenvalue weighted by atomic mass is 10.1. The molecule has 1 saturated heterocycles. The van der Waals surface area contributed by atoms with E-state index in [-0.39, 0.29) is 24.0 Å². The fraction of sp³-hybridized carbons (Fsp3) is 0.643. The number of rotatable bonds is 5. The summed E-state index contributed by atoms with van der Waals surface area (Å²) in [6.07, 6.45) is 3.84. The van der Waals surface area contributed by atoms with Crippen molar-refractivity contribution >= 4 is 5.97 Å². The van der Waals surface area contributed by atoms with Gasteiger partial charge in [0.1, 0.15) is 6.61 Å². The van der Waals surface area contributed by atoms with Crippen LogP contribution in [0.2, 0.25) is 0 Å². The molecule has 0 saturated carbocycles. The van der Waals surface area contributed by atoms with Gasteiger partial charge in [-0.15, -0.1) is 0 Å². The number of aromatic nitrogens is 2. The fourth-order valence-electron chi connectivity index (χ4n) is 2.11. The minimum absolute atomic E-state index is 0.0192. The van der Waals surface area contributed by atoms with E-state index in [1.807, 2.05) is 6.92 Å². The molecular weight excluding hydrogens is 260 g/mol. The molecule has 2 rings (SSSR count). The summed E-state index contributed by atoms with van der Waals surface area (Å²) in [4.78, 5) is 23.4. The molecular formula is C14H20N2O4. The van der Waals surface area contributed by atoms with Crippen LogP contribution in [0.5, 0.6) is 0 Å². The Balaban J connectivity index is 1.94. The van der Waals surface area contributed by atoms with Crippen LogP contribution >= 0.6 is 0 Å². The first kappa shape index (κ1) is 14.7. The summed E-state index contributed by atoms with van der Waals surface area (Å²) in [7, 11) is 0. The molecule has 0 amide bonds. The van der Waals surface area contributed by atoms with Crippen molar-refractivity contribution in [1.82, 2.24) is 9.78 Å². The summed E-state index contributed by atoms with van der Waals surface area (Å²) >= 11 is 0. The fourth-order valence-corrected chi connectivity index (χ4v) is 2.11. The standard InChI is InChI=1S/C14H20N2O4/c1-2-8-16-13(17)7-6-12(15-16)14(18)20-10-11-5-3-4-9-19-11/h6-7,11H,2-5,8-10H2,1H3. The summed E-state index contributed by atoms with van der Waals surface area (Å²) in [5.74, 6) is -0.510. The Bertz CT molecular complexity index is 506. The number of nitrogens with zero attached hydrogens (tertiary/aromatic N) is 2. The molecule has 1 aromatic heterocycles. The maximum Gasteiger partial charge on any atom is 0.358 e. The Labute approximate surface area is 117 Å². The third kappa shape index (κ3) is 3.90. The normalized spacial score (nSPS) is 18.8. The van der Waals surface area contributed by atoms with Gasteiger partial charge in [0.2, 0.25) is 0 Å². The quantitative estimate of drug-likeness (QED) is 0.762. The van der Waals surface area contributed by atoms with Crippen LogP contribution in [0.15, 0.2) is 16.9 Å². The van der Waals surface area contributed by atoms with Crippen molar-refractivity contribution in [2.75, 3.05) is 13.2 Å². The van der Waals surface area contributed by atoms with Crippen LogP contribution in [0.3, 0.4) is 0 Å². The number of hydrogen-bond donors (Lipinski definition) is 0. The molecule has 0 N–H and O–H groups in total. The third-order valence-corrected chi connectivity index (χ3v) is 3.19. The summed E-state index contributed by atoms with van der Waals surface area (Å²) in [5, 5.41) is 4.01. The Morgan fingerprint density at radius 2 is 2.35 bits per heavy atom. The van der Waals surface area contributed by atoms with Gasteiger partial charge in [0.25, 0.3) is 5.56 Å². The topological polar surface area (TPSA) is 70.4 Å². The molecule has 1 fully saturated rings. The number of carbonyl (C=O) groups is 1. The molecule has 2 heterocycles. The van der Waals surface area contributed by atoms with Crippen molar-refractivity contribution in [3.63, 3.8) is 0 Å². The van der Waals surface area contributed by atoms with Gasteiger partial charge in [-0.25, -0.2) is 9.48 Å². The Hall–Kier alpha value is -1.69. The highest BCUT2D eigenvalue weighted by Crippen LogP contribution is 2.13. The molecule has 6 nitrogen and oxygen atoms in total. The van der Waals surface area contributed by atoms with Crippen LogP contribution in [0.1, 0.15) is 43.1 Å². The zero-order valence-electron chi connectivity index (χ0n) is 11.7. The van der Waals surface area contributed by atoms with Crippen molar-refractivity contribution in [2.45, 2.75) is 45.3 Å². The first-order chi connectivity index (χ1) is 9.70. The molecule has 0 aliphatic carbocycles. The maximum absolute atomic E-state index is 11.9. The van der Waals surface area contributed by atoms with Crippen LogP contribution < -0.4 is 5.56 Å². The molecule has 1 aliphatic rings. The lowest BCUT2D eigenvalue weighted by Crippen LogP contribution is -2.28. The van der Waals surface area contributed by atoms with E-state index in [1.54, 1.807) is 0 Å². The van der Waals surface area contributed by atoms with Crippen LogP contribution in [-0.4, -0.2) is 35.1 Å². The molecule has 1 aromatic rings. The average molecular weight is 280 g/mol. The highest BCUT2D eigenvalue weighted by atomic mass is 16.6. The van der Waals surface area contributed by atoms with E-state index < -0.39 is 5.97 Å². The van der Waals surface area contributed by atoms with Crippen molar-refractivity contribution < 1.29 is 14.3 Å². The summed E-state index contributed by atoms with van der Waals surface area (Å²) in [5.41, 5.74) is -0.0483. The zero-order valence-corrected chi connectivity index (χ0v) is 11.7. The van der Waals surface area contributed by atoms with E-state index in [4.69, 9.17) is 9.47 Å². The lowest BCUT2D eigenvalue weighted by molar-refractivity contribution is -0.0303. The molecule has 110 valence electrons. The van der Waals surface area contributed by atoms with Gasteiger partial charge in [-0.2, -0.15) is 5.10 Å². The van der Waals surface area contributed by atoms with Crippen molar-refractivity contribution in [3.8, 4) is 0 Å². The van der Waals surface area contributed by atoms with Gasteiger partial charge in [0.05, 0.1) is 6.10 Å². The minimum Gasteiger partial charge on any atom is -0.458 e. The van der Waals surface area contributed by atoms with Crippen LogP contribution in [0.4, 0.5) is 0 Å². The highest BCUT2D eigenvalue weighted by Gasteiger charge is 2.17. The van der Waals surface area contributed by atoms with Gasteiger partial charge in [-0.05, 0) is 31.7 Å². The van der Waals surface area contributed by atoms with Gasteiger partial charge in [-0.1, -0.05) is 6.92 Å². The molecule has 1 unspecified atom stereocenters. The van der Waals surface area contributed by atoms with E-state index in [9.17, 15) is 9.59 Å². The lowest BCUT2D eigenvalue weighted by Gasteiger charge is -2.21. The Morgan fingerprint density at radius 1 is 1.50 bits per heavy atom. The molecule has 20 heavy (non-hydrogen) atoms.